The van der Waals surface area contributed by atoms with Crippen molar-refractivity contribution in [3.8, 4) is 28.5 Å². The van der Waals surface area contributed by atoms with Gasteiger partial charge in [-0.15, -0.1) is 0 Å². The lowest BCUT2D eigenvalue weighted by molar-refractivity contribution is -0.121. The lowest BCUT2D eigenvalue weighted by Crippen LogP contribution is -2.27. The highest BCUT2D eigenvalue weighted by molar-refractivity contribution is 8.26. The van der Waals surface area contributed by atoms with E-state index < -0.39 is 0 Å². The largest absolute Gasteiger partial charge is 0.293 e. The molecule has 3 aromatic rings. The number of aromatic nitrogens is 2. The number of carbonyl (C=O) groups excluding carboxylic acids is 1. The van der Waals surface area contributed by atoms with Crippen LogP contribution in [0.3, 0.4) is 0 Å². The lowest BCUT2D eigenvalue weighted by Gasteiger charge is -2.09. The average molecular weight is 445 g/mol. The fourth-order valence-corrected chi connectivity index (χ4v) is 4.79. The maximum Gasteiger partial charge on any atom is 0.266 e. The molecule has 0 N–H and O–H groups in total. The Morgan fingerprint density at radius 3 is 2.42 bits per heavy atom. The molecule has 0 spiro atoms. The Morgan fingerprint density at radius 2 is 1.77 bits per heavy atom. The zero-order chi connectivity index (χ0) is 21.8. The molecule has 1 aliphatic heterocycles. The van der Waals surface area contributed by atoms with Gasteiger partial charge in [0.25, 0.3) is 5.91 Å². The zero-order valence-electron chi connectivity index (χ0n) is 17.0. The summed E-state index contributed by atoms with van der Waals surface area (Å²) < 4.78 is 2.33. The number of amides is 1. The Hall–Kier alpha value is -3.21. The van der Waals surface area contributed by atoms with Gasteiger partial charge in [-0.2, -0.15) is 10.4 Å². The molecular weight excluding hydrogens is 424 g/mol. The predicted molar refractivity (Wildman–Crippen MR) is 129 cm³/mol. The number of carbonyl (C=O) groups is 1. The molecule has 1 aromatic heterocycles. The van der Waals surface area contributed by atoms with Gasteiger partial charge in [-0.3, -0.25) is 14.4 Å². The van der Waals surface area contributed by atoms with Crippen LogP contribution in [0.4, 0.5) is 0 Å². The van der Waals surface area contributed by atoms with Crippen LogP contribution in [0.2, 0.25) is 0 Å². The van der Waals surface area contributed by atoms with E-state index in [9.17, 15) is 4.79 Å². The summed E-state index contributed by atoms with van der Waals surface area (Å²) in [6.45, 7) is 2.96. The summed E-state index contributed by atoms with van der Waals surface area (Å²) in [5.74, 6) is -0.0762. The molecule has 2 aromatic carbocycles. The molecule has 4 rings (SSSR count). The second kappa shape index (κ2) is 9.29. The molecule has 1 amide bonds. The van der Waals surface area contributed by atoms with Crippen LogP contribution in [-0.2, 0) is 11.3 Å². The number of nitrogens with zero attached hydrogens (tertiary/aromatic N) is 4. The molecule has 0 atom stereocenters. The molecule has 1 aliphatic rings. The van der Waals surface area contributed by atoms with E-state index in [4.69, 9.17) is 22.6 Å². The quantitative estimate of drug-likeness (QED) is 0.379. The van der Waals surface area contributed by atoms with E-state index in [0.717, 1.165) is 27.9 Å². The highest BCUT2D eigenvalue weighted by atomic mass is 32.2. The first-order valence-electron chi connectivity index (χ1n) is 9.96. The van der Waals surface area contributed by atoms with Crippen LogP contribution >= 0.6 is 24.0 Å². The predicted octanol–water partition coefficient (Wildman–Crippen LogP) is 5.35. The van der Waals surface area contributed by atoms with Gasteiger partial charge in [-0.25, -0.2) is 0 Å². The van der Waals surface area contributed by atoms with E-state index in [1.54, 1.807) is 9.58 Å². The van der Waals surface area contributed by atoms with Crippen molar-refractivity contribution in [3.05, 3.63) is 71.3 Å². The van der Waals surface area contributed by atoms with Gasteiger partial charge in [0.05, 0.1) is 29.6 Å². The van der Waals surface area contributed by atoms with Gasteiger partial charge in [0.1, 0.15) is 4.32 Å². The highest BCUT2D eigenvalue weighted by Crippen LogP contribution is 2.34. The minimum Gasteiger partial charge on any atom is -0.293 e. The van der Waals surface area contributed by atoms with Crippen LogP contribution in [0, 0.1) is 11.3 Å². The van der Waals surface area contributed by atoms with Crippen LogP contribution in [0.1, 0.15) is 18.9 Å². The molecule has 0 radical (unpaired) electrons. The Labute approximate surface area is 191 Å². The van der Waals surface area contributed by atoms with Gasteiger partial charge in [-0.05, 0) is 24.1 Å². The van der Waals surface area contributed by atoms with Crippen molar-refractivity contribution in [1.29, 1.82) is 5.26 Å². The maximum atomic E-state index is 12.7. The second-order valence-electron chi connectivity index (χ2n) is 6.97. The molecule has 5 nitrogen and oxygen atoms in total. The molecule has 0 saturated carbocycles. The first-order chi connectivity index (χ1) is 15.1. The van der Waals surface area contributed by atoms with Crippen LogP contribution in [-0.4, -0.2) is 31.5 Å². The van der Waals surface area contributed by atoms with E-state index in [1.807, 2.05) is 49.5 Å². The van der Waals surface area contributed by atoms with Crippen molar-refractivity contribution >= 4 is 40.3 Å². The molecule has 2 heterocycles. The van der Waals surface area contributed by atoms with Crippen LogP contribution in [0.5, 0.6) is 0 Å². The molecule has 1 fully saturated rings. The van der Waals surface area contributed by atoms with Gasteiger partial charge in [0.15, 0.2) is 0 Å². The van der Waals surface area contributed by atoms with E-state index in [2.05, 4.69) is 30.3 Å². The van der Waals surface area contributed by atoms with Crippen molar-refractivity contribution in [2.45, 2.75) is 19.9 Å². The molecule has 31 heavy (non-hydrogen) atoms. The van der Waals surface area contributed by atoms with Gasteiger partial charge in [0, 0.05) is 23.9 Å². The number of hydrogen-bond acceptors (Lipinski definition) is 5. The van der Waals surface area contributed by atoms with Crippen molar-refractivity contribution in [1.82, 2.24) is 14.7 Å². The van der Waals surface area contributed by atoms with Crippen molar-refractivity contribution < 1.29 is 4.79 Å². The summed E-state index contributed by atoms with van der Waals surface area (Å²) in [4.78, 5) is 14.8. The number of thiocarbonyl (C=S) groups is 1. The fraction of sp³-hybridized carbons (Fsp3) is 0.167. The monoisotopic (exact) mass is 444 g/mol. The fourth-order valence-electron chi connectivity index (χ4n) is 3.41. The summed E-state index contributed by atoms with van der Waals surface area (Å²) in [5.41, 5.74) is 4.84. The van der Waals surface area contributed by atoms with Gasteiger partial charge in [0.2, 0.25) is 0 Å². The maximum absolute atomic E-state index is 12.7. The summed E-state index contributed by atoms with van der Waals surface area (Å²) >= 11 is 6.64. The first-order valence-corrected chi connectivity index (χ1v) is 11.2. The Balaban J connectivity index is 1.71. The average Bonchev–Trinajstić information content (AvgIpc) is 3.32. The Kier molecular flexibility index (Phi) is 6.31. The number of hydrogen-bond donors (Lipinski definition) is 0. The third-order valence-corrected chi connectivity index (χ3v) is 6.36. The van der Waals surface area contributed by atoms with E-state index >= 15 is 0 Å². The number of likely N-dealkylation sites (N-methyl/N-ethyl adjacent to an activating group) is 1. The summed E-state index contributed by atoms with van der Waals surface area (Å²) in [6, 6.07) is 20.5. The molecule has 0 unspecified atom stereocenters. The number of benzene rings is 2. The highest BCUT2D eigenvalue weighted by Gasteiger charge is 2.31. The number of thioether (sulfide) groups is 1. The smallest absolute Gasteiger partial charge is 0.266 e. The van der Waals surface area contributed by atoms with E-state index in [-0.39, 0.29) is 5.91 Å². The summed E-state index contributed by atoms with van der Waals surface area (Å²) in [7, 11) is 0. The lowest BCUT2D eigenvalue weighted by atomic mass is 10.0. The molecule has 0 aliphatic carbocycles. The van der Waals surface area contributed by atoms with Crippen molar-refractivity contribution in [2.75, 3.05) is 6.54 Å². The van der Waals surface area contributed by atoms with Gasteiger partial charge < -0.3 is 0 Å². The Bertz CT molecular complexity index is 1190. The van der Waals surface area contributed by atoms with E-state index in [1.165, 1.54) is 11.8 Å². The van der Waals surface area contributed by atoms with Gasteiger partial charge in [-0.1, -0.05) is 78.6 Å². The zero-order valence-corrected chi connectivity index (χ0v) is 18.6. The minimum atomic E-state index is -0.0762. The third kappa shape index (κ3) is 4.46. The van der Waals surface area contributed by atoms with E-state index in [0.29, 0.717) is 28.7 Å². The molecule has 1 saturated heterocycles. The molecule has 0 bridgehead atoms. The van der Waals surface area contributed by atoms with Crippen LogP contribution in [0.25, 0.3) is 28.5 Å². The SMILES string of the molecule is CCN1C(=O)C(=Cc2cn(CCC#N)nc2-c2ccc(-c3ccccc3)cc2)SC1=S. The normalized spacial score (nSPS) is 15.0. The number of aryl methyl sites for hydroxylation is 1. The topological polar surface area (TPSA) is 61.9 Å². The van der Waals surface area contributed by atoms with Crippen LogP contribution < -0.4 is 0 Å². The number of rotatable bonds is 6. The second-order valence-corrected chi connectivity index (χ2v) is 8.65. The summed E-state index contributed by atoms with van der Waals surface area (Å²) in [6.07, 6.45) is 4.10. The van der Waals surface area contributed by atoms with Crippen LogP contribution in [0.15, 0.2) is 65.7 Å². The molecular formula is C24H20N4OS2. The number of nitriles is 1. The molecule has 154 valence electrons. The molecule has 7 heteroatoms. The van der Waals surface area contributed by atoms with Gasteiger partial charge >= 0.3 is 0 Å². The third-order valence-electron chi connectivity index (χ3n) is 4.98. The standard InChI is InChI=1S/C24H20N4OS2/c1-2-28-23(29)21(31-24(28)30)15-20-16-27(14-6-13-25)26-22(20)19-11-9-18(10-12-19)17-7-4-3-5-8-17/h3-5,7-12,15-16H,2,6,14H2,1H3. The van der Waals surface area contributed by atoms with Crippen molar-refractivity contribution in [3.63, 3.8) is 0 Å². The first kappa shape index (κ1) is 21.0. The Morgan fingerprint density at radius 1 is 1.10 bits per heavy atom. The minimum absolute atomic E-state index is 0.0762. The van der Waals surface area contributed by atoms with Crippen molar-refractivity contribution in [2.24, 2.45) is 0 Å². The summed E-state index contributed by atoms with van der Waals surface area (Å²) in [5, 5.41) is 13.6.